The number of aliphatic hydroxyl groups excluding tert-OH is 1. The SMILES string of the molecule is C[C@H](O)[C@@H]1ON(Cc2ccc(I)cc2)[C@@H]2C(=O)OC[C@H]12. The maximum Gasteiger partial charge on any atom is 0.326 e. The summed E-state index contributed by atoms with van der Waals surface area (Å²) in [7, 11) is 0. The van der Waals surface area contributed by atoms with Gasteiger partial charge in [-0.05, 0) is 47.2 Å². The first-order valence-corrected chi connectivity index (χ1v) is 7.66. The monoisotopic (exact) mass is 389 g/mol. The quantitative estimate of drug-likeness (QED) is 0.625. The van der Waals surface area contributed by atoms with Gasteiger partial charge < -0.3 is 9.84 Å². The van der Waals surface area contributed by atoms with Crippen LogP contribution in [0.5, 0.6) is 0 Å². The van der Waals surface area contributed by atoms with Gasteiger partial charge in [0, 0.05) is 3.57 Å². The molecule has 0 unspecified atom stereocenters. The molecule has 20 heavy (non-hydrogen) atoms. The number of halogens is 1. The number of hydrogen-bond donors (Lipinski definition) is 1. The van der Waals surface area contributed by atoms with Crippen LogP contribution in [0.15, 0.2) is 24.3 Å². The van der Waals surface area contributed by atoms with E-state index in [0.29, 0.717) is 13.2 Å². The Kier molecular flexibility index (Phi) is 3.98. The van der Waals surface area contributed by atoms with Gasteiger partial charge >= 0.3 is 5.97 Å². The van der Waals surface area contributed by atoms with Gasteiger partial charge in [-0.15, -0.1) is 0 Å². The van der Waals surface area contributed by atoms with E-state index in [9.17, 15) is 9.90 Å². The van der Waals surface area contributed by atoms with Gasteiger partial charge in [0.25, 0.3) is 0 Å². The number of nitrogens with zero attached hydrogens (tertiary/aromatic N) is 1. The minimum Gasteiger partial charge on any atom is -0.464 e. The standard InChI is InChI=1S/C14H16INO4/c1-8(17)13-11-7-19-14(18)12(11)16(20-13)6-9-2-4-10(15)5-3-9/h2-5,8,11-13,17H,6-7H2,1H3/t8-,11-,12-,13-/m0/s1. The summed E-state index contributed by atoms with van der Waals surface area (Å²) in [6, 6.07) is 7.64. The average molecular weight is 389 g/mol. The molecule has 0 bridgehead atoms. The number of benzene rings is 1. The summed E-state index contributed by atoms with van der Waals surface area (Å²) in [5.41, 5.74) is 1.06. The summed E-state index contributed by atoms with van der Waals surface area (Å²) < 4.78 is 6.28. The van der Waals surface area contributed by atoms with Gasteiger partial charge in [0.1, 0.15) is 12.1 Å². The molecule has 3 rings (SSSR count). The Morgan fingerprint density at radius 1 is 1.45 bits per heavy atom. The van der Waals surface area contributed by atoms with Crippen LogP contribution in [0.25, 0.3) is 0 Å². The average Bonchev–Trinajstić information content (AvgIpc) is 2.95. The fourth-order valence-corrected chi connectivity index (χ4v) is 3.15. The number of ether oxygens (including phenoxy) is 1. The predicted molar refractivity (Wildman–Crippen MR) is 79.5 cm³/mol. The molecule has 2 heterocycles. The molecule has 4 atom stereocenters. The molecule has 0 amide bonds. The normalized spacial score (nSPS) is 31.1. The highest BCUT2D eigenvalue weighted by atomic mass is 127. The van der Waals surface area contributed by atoms with E-state index >= 15 is 0 Å². The van der Waals surface area contributed by atoms with Gasteiger partial charge in [0.2, 0.25) is 0 Å². The number of aliphatic hydroxyl groups is 1. The summed E-state index contributed by atoms with van der Waals surface area (Å²) in [4.78, 5) is 17.6. The van der Waals surface area contributed by atoms with Crippen molar-refractivity contribution in [3.05, 3.63) is 33.4 Å². The summed E-state index contributed by atoms with van der Waals surface area (Å²) in [5, 5.41) is 11.4. The zero-order chi connectivity index (χ0) is 14.3. The van der Waals surface area contributed by atoms with E-state index in [4.69, 9.17) is 9.57 Å². The molecule has 0 radical (unpaired) electrons. The topological polar surface area (TPSA) is 59.0 Å². The summed E-state index contributed by atoms with van der Waals surface area (Å²) in [6.45, 7) is 2.51. The summed E-state index contributed by atoms with van der Waals surface area (Å²) in [5.74, 6) is -0.352. The highest BCUT2D eigenvalue weighted by molar-refractivity contribution is 14.1. The predicted octanol–water partition coefficient (Wildman–Crippen LogP) is 1.33. The Balaban J connectivity index is 1.78. The molecule has 2 saturated heterocycles. The Morgan fingerprint density at radius 2 is 2.15 bits per heavy atom. The number of fused-ring (bicyclic) bond motifs is 1. The van der Waals surface area contributed by atoms with Gasteiger partial charge in [-0.1, -0.05) is 12.1 Å². The Bertz CT molecular complexity index is 504. The largest absolute Gasteiger partial charge is 0.464 e. The van der Waals surface area contributed by atoms with Gasteiger partial charge in [-0.2, -0.15) is 5.06 Å². The number of hydroxylamine groups is 2. The number of hydrogen-bond acceptors (Lipinski definition) is 5. The van der Waals surface area contributed by atoms with E-state index in [0.717, 1.165) is 9.13 Å². The highest BCUT2D eigenvalue weighted by Crippen LogP contribution is 2.36. The molecule has 2 aliphatic rings. The molecule has 6 heteroatoms. The van der Waals surface area contributed by atoms with Crippen molar-refractivity contribution in [2.24, 2.45) is 5.92 Å². The highest BCUT2D eigenvalue weighted by Gasteiger charge is 2.54. The van der Waals surface area contributed by atoms with E-state index < -0.39 is 12.1 Å². The number of carbonyl (C=O) groups excluding carboxylic acids is 1. The van der Waals surface area contributed by atoms with Crippen molar-refractivity contribution >= 4 is 28.6 Å². The van der Waals surface area contributed by atoms with Crippen LogP contribution < -0.4 is 0 Å². The third kappa shape index (κ3) is 2.57. The van der Waals surface area contributed by atoms with Gasteiger partial charge in [-0.25, -0.2) is 0 Å². The van der Waals surface area contributed by atoms with Gasteiger partial charge in [-0.3, -0.25) is 9.63 Å². The van der Waals surface area contributed by atoms with Crippen molar-refractivity contribution in [1.82, 2.24) is 5.06 Å². The number of esters is 1. The maximum absolute atomic E-state index is 11.9. The van der Waals surface area contributed by atoms with Crippen molar-refractivity contribution in [3.63, 3.8) is 0 Å². The van der Waals surface area contributed by atoms with Crippen molar-refractivity contribution in [3.8, 4) is 0 Å². The molecule has 0 aliphatic carbocycles. The van der Waals surface area contributed by atoms with Crippen LogP contribution in [-0.2, 0) is 20.9 Å². The number of carbonyl (C=O) groups is 1. The first-order valence-electron chi connectivity index (χ1n) is 6.59. The van der Waals surface area contributed by atoms with Crippen molar-refractivity contribution in [1.29, 1.82) is 0 Å². The van der Waals surface area contributed by atoms with Crippen LogP contribution in [0, 0.1) is 9.49 Å². The Hall–Kier alpha value is -0.700. The smallest absolute Gasteiger partial charge is 0.326 e. The van der Waals surface area contributed by atoms with Crippen LogP contribution >= 0.6 is 22.6 Å². The number of rotatable bonds is 3. The van der Waals surface area contributed by atoms with E-state index in [1.165, 1.54) is 0 Å². The first kappa shape index (κ1) is 14.2. The molecule has 5 nitrogen and oxygen atoms in total. The number of cyclic esters (lactones) is 1. The van der Waals surface area contributed by atoms with Gasteiger partial charge in [0.15, 0.2) is 0 Å². The first-order chi connectivity index (χ1) is 9.56. The second kappa shape index (κ2) is 5.59. The van der Waals surface area contributed by atoms with Crippen molar-refractivity contribution < 1.29 is 19.5 Å². The van der Waals surface area contributed by atoms with E-state index in [2.05, 4.69) is 22.6 Å². The third-order valence-electron chi connectivity index (χ3n) is 3.78. The van der Waals surface area contributed by atoms with Crippen molar-refractivity contribution in [2.45, 2.75) is 31.7 Å². The van der Waals surface area contributed by atoms with Crippen LogP contribution in [0.3, 0.4) is 0 Å². The molecular weight excluding hydrogens is 373 g/mol. The summed E-state index contributed by atoms with van der Waals surface area (Å²) >= 11 is 2.25. The molecule has 108 valence electrons. The van der Waals surface area contributed by atoms with Crippen LogP contribution in [0.1, 0.15) is 12.5 Å². The molecule has 0 saturated carbocycles. The van der Waals surface area contributed by atoms with Crippen LogP contribution in [-0.4, -0.2) is 41.0 Å². The Morgan fingerprint density at radius 3 is 2.80 bits per heavy atom. The molecule has 1 N–H and O–H groups in total. The van der Waals surface area contributed by atoms with Crippen molar-refractivity contribution in [2.75, 3.05) is 6.61 Å². The molecule has 0 spiro atoms. The zero-order valence-electron chi connectivity index (χ0n) is 11.0. The maximum atomic E-state index is 11.9. The lowest BCUT2D eigenvalue weighted by Gasteiger charge is -2.21. The zero-order valence-corrected chi connectivity index (χ0v) is 13.2. The van der Waals surface area contributed by atoms with E-state index in [1.54, 1.807) is 12.0 Å². The fourth-order valence-electron chi connectivity index (χ4n) is 2.79. The lowest BCUT2D eigenvalue weighted by molar-refractivity contribution is -0.202. The lowest BCUT2D eigenvalue weighted by Crippen LogP contribution is -2.35. The summed E-state index contributed by atoms with van der Waals surface area (Å²) in [6.07, 6.45) is -1.01. The fraction of sp³-hybridized carbons (Fsp3) is 0.500. The van der Waals surface area contributed by atoms with E-state index in [1.807, 2.05) is 24.3 Å². The van der Waals surface area contributed by atoms with E-state index in [-0.39, 0.29) is 18.0 Å². The Labute approximate surface area is 130 Å². The van der Waals surface area contributed by atoms with Gasteiger partial charge in [0.05, 0.1) is 25.2 Å². The molecule has 1 aromatic carbocycles. The molecule has 0 aromatic heterocycles. The third-order valence-corrected chi connectivity index (χ3v) is 4.50. The van der Waals surface area contributed by atoms with Crippen LogP contribution in [0.4, 0.5) is 0 Å². The minimum absolute atomic E-state index is 0.0913. The molecule has 1 aromatic rings. The molecular formula is C14H16INO4. The molecule has 2 aliphatic heterocycles. The lowest BCUT2D eigenvalue weighted by atomic mass is 9.95. The second-order valence-electron chi connectivity index (χ2n) is 5.25. The molecule has 2 fully saturated rings. The minimum atomic E-state index is -0.626. The second-order valence-corrected chi connectivity index (χ2v) is 6.50. The van der Waals surface area contributed by atoms with Crippen LogP contribution in [0.2, 0.25) is 0 Å².